The highest BCUT2D eigenvalue weighted by Gasteiger charge is 2.19. The minimum Gasteiger partial charge on any atom is -0.493 e. The van der Waals surface area contributed by atoms with Gasteiger partial charge in [0, 0.05) is 29.9 Å². The minimum absolute atomic E-state index is 0.0344. The van der Waals surface area contributed by atoms with Gasteiger partial charge in [-0.15, -0.1) is 0 Å². The van der Waals surface area contributed by atoms with E-state index in [1.165, 1.54) is 27.8 Å². The van der Waals surface area contributed by atoms with Crippen molar-refractivity contribution in [3.63, 3.8) is 0 Å². The molecule has 1 heterocycles. The third-order valence-electron chi connectivity index (χ3n) is 4.96. The van der Waals surface area contributed by atoms with Crippen molar-refractivity contribution >= 4 is 17.5 Å². The molecule has 154 valence electrons. The predicted octanol–water partition coefficient (Wildman–Crippen LogP) is 3.59. The van der Waals surface area contributed by atoms with Gasteiger partial charge in [0.1, 0.15) is 0 Å². The number of nitrogens with zero attached hydrogens (tertiary/aromatic N) is 1. The highest BCUT2D eigenvalue weighted by Crippen LogP contribution is 2.38. The topological polar surface area (TPSA) is 77.1 Å². The first-order chi connectivity index (χ1) is 14.1. The van der Waals surface area contributed by atoms with Crippen LogP contribution in [0, 0.1) is 0 Å². The van der Waals surface area contributed by atoms with Crippen LogP contribution in [0.3, 0.4) is 0 Å². The Bertz CT molecular complexity index is 848. The summed E-state index contributed by atoms with van der Waals surface area (Å²) in [5.74, 6) is 0.942. The summed E-state index contributed by atoms with van der Waals surface area (Å²) in [7, 11) is 4.50. The molecule has 0 saturated carbocycles. The Hall–Kier alpha value is -3.22. The molecule has 3 rings (SSSR count). The molecule has 0 aromatic heterocycles. The van der Waals surface area contributed by atoms with Crippen LogP contribution in [0.1, 0.15) is 40.0 Å². The summed E-state index contributed by atoms with van der Waals surface area (Å²) in [4.78, 5) is 27.1. The lowest BCUT2D eigenvalue weighted by Gasteiger charge is -2.26. The fourth-order valence-electron chi connectivity index (χ4n) is 3.39. The van der Waals surface area contributed by atoms with Gasteiger partial charge in [-0.05, 0) is 55.7 Å². The Balaban J connectivity index is 1.73. The number of piperidine rings is 1. The average molecular weight is 398 g/mol. The molecule has 1 aliphatic heterocycles. The fraction of sp³-hybridized carbons (Fsp3) is 0.364. The first-order valence-corrected chi connectivity index (χ1v) is 9.58. The maximum atomic E-state index is 12.7. The molecule has 0 radical (unpaired) electrons. The highest BCUT2D eigenvalue weighted by molar-refractivity contribution is 6.05. The SMILES string of the molecule is COc1cc(C(=O)Nc2ccc(C(=O)N3CCCCC3)cc2)cc(OC)c1OC. The van der Waals surface area contributed by atoms with Crippen LogP contribution >= 0.6 is 0 Å². The molecule has 0 atom stereocenters. The van der Waals surface area contributed by atoms with Crippen LogP contribution in [0.2, 0.25) is 0 Å². The lowest BCUT2D eigenvalue weighted by Crippen LogP contribution is -2.35. The lowest BCUT2D eigenvalue weighted by atomic mass is 10.1. The standard InChI is InChI=1S/C22H26N2O5/c1-27-18-13-16(14-19(28-2)20(18)29-3)21(25)23-17-9-7-15(8-10-17)22(26)24-11-5-4-6-12-24/h7-10,13-14H,4-6,11-12H2,1-3H3,(H,23,25). The first-order valence-electron chi connectivity index (χ1n) is 9.58. The predicted molar refractivity (Wildman–Crippen MR) is 110 cm³/mol. The number of carbonyl (C=O) groups is 2. The monoisotopic (exact) mass is 398 g/mol. The maximum Gasteiger partial charge on any atom is 0.255 e. The van der Waals surface area contributed by atoms with Crippen LogP contribution in [0.4, 0.5) is 5.69 Å². The molecule has 1 fully saturated rings. The summed E-state index contributed by atoms with van der Waals surface area (Å²) in [6.45, 7) is 1.61. The molecule has 7 nitrogen and oxygen atoms in total. The van der Waals surface area contributed by atoms with Crippen molar-refractivity contribution < 1.29 is 23.8 Å². The summed E-state index contributed by atoms with van der Waals surface area (Å²) in [6.07, 6.45) is 3.28. The Kier molecular flexibility index (Phi) is 6.59. The number of methoxy groups -OCH3 is 3. The van der Waals surface area contributed by atoms with Crippen molar-refractivity contribution in [1.29, 1.82) is 0 Å². The number of likely N-dealkylation sites (tertiary alicyclic amines) is 1. The van der Waals surface area contributed by atoms with Gasteiger partial charge in [0.15, 0.2) is 11.5 Å². The molecule has 0 spiro atoms. The third kappa shape index (κ3) is 4.62. The van der Waals surface area contributed by atoms with Crippen LogP contribution in [-0.2, 0) is 0 Å². The Morgan fingerprint density at radius 1 is 0.828 bits per heavy atom. The molecule has 1 saturated heterocycles. The summed E-state index contributed by atoms with van der Waals surface area (Å²) in [5.41, 5.74) is 1.59. The minimum atomic E-state index is -0.320. The van der Waals surface area contributed by atoms with Crippen LogP contribution in [0.5, 0.6) is 17.2 Å². The molecule has 7 heteroatoms. The van der Waals surface area contributed by atoms with E-state index in [-0.39, 0.29) is 11.8 Å². The Morgan fingerprint density at radius 3 is 1.93 bits per heavy atom. The van der Waals surface area contributed by atoms with Crippen molar-refractivity contribution in [2.24, 2.45) is 0 Å². The zero-order chi connectivity index (χ0) is 20.8. The van der Waals surface area contributed by atoms with Gasteiger partial charge in [-0.1, -0.05) is 0 Å². The number of ether oxygens (including phenoxy) is 3. The molecule has 0 unspecified atom stereocenters. The van der Waals surface area contributed by atoms with Gasteiger partial charge in [-0.25, -0.2) is 0 Å². The van der Waals surface area contributed by atoms with Gasteiger partial charge in [0.2, 0.25) is 5.75 Å². The van der Waals surface area contributed by atoms with Gasteiger partial charge in [0.05, 0.1) is 21.3 Å². The summed E-state index contributed by atoms with van der Waals surface area (Å²) in [6, 6.07) is 10.1. The Morgan fingerprint density at radius 2 is 1.41 bits per heavy atom. The average Bonchev–Trinajstić information content (AvgIpc) is 2.78. The van der Waals surface area contributed by atoms with Crippen molar-refractivity contribution in [2.45, 2.75) is 19.3 Å². The van der Waals surface area contributed by atoms with Crippen LogP contribution in [-0.4, -0.2) is 51.1 Å². The molecule has 2 aromatic rings. The number of carbonyl (C=O) groups excluding carboxylic acids is 2. The van der Waals surface area contributed by atoms with Crippen molar-refractivity contribution in [3.8, 4) is 17.2 Å². The molecule has 0 aliphatic carbocycles. The van der Waals surface area contributed by atoms with E-state index >= 15 is 0 Å². The van der Waals surface area contributed by atoms with Crippen molar-refractivity contribution in [2.75, 3.05) is 39.7 Å². The lowest BCUT2D eigenvalue weighted by molar-refractivity contribution is 0.0724. The van der Waals surface area contributed by atoms with Gasteiger partial charge in [0.25, 0.3) is 11.8 Å². The molecule has 2 aromatic carbocycles. The molecular formula is C22H26N2O5. The van der Waals surface area contributed by atoms with E-state index in [1.807, 2.05) is 4.90 Å². The fourth-order valence-corrected chi connectivity index (χ4v) is 3.39. The Labute approximate surface area is 170 Å². The van der Waals surface area contributed by atoms with Crippen molar-refractivity contribution in [3.05, 3.63) is 47.5 Å². The normalized spacial score (nSPS) is 13.6. The van der Waals surface area contributed by atoms with Gasteiger partial charge < -0.3 is 24.4 Å². The van der Waals surface area contributed by atoms with E-state index in [0.29, 0.717) is 34.1 Å². The number of hydrogen-bond donors (Lipinski definition) is 1. The van der Waals surface area contributed by atoms with Crippen LogP contribution < -0.4 is 19.5 Å². The number of amides is 2. The third-order valence-corrected chi connectivity index (χ3v) is 4.96. The van der Waals surface area contributed by atoms with E-state index in [4.69, 9.17) is 14.2 Å². The molecule has 0 bridgehead atoms. The smallest absolute Gasteiger partial charge is 0.255 e. The largest absolute Gasteiger partial charge is 0.493 e. The zero-order valence-corrected chi connectivity index (χ0v) is 17.0. The summed E-state index contributed by atoms with van der Waals surface area (Å²) in [5, 5.41) is 2.83. The number of hydrogen-bond acceptors (Lipinski definition) is 5. The number of anilines is 1. The number of benzene rings is 2. The molecule has 29 heavy (non-hydrogen) atoms. The summed E-state index contributed by atoms with van der Waals surface area (Å²) < 4.78 is 15.9. The van der Waals surface area contributed by atoms with E-state index in [9.17, 15) is 9.59 Å². The molecule has 1 N–H and O–H groups in total. The van der Waals surface area contributed by atoms with Crippen LogP contribution in [0.25, 0.3) is 0 Å². The molecule has 2 amide bonds. The van der Waals surface area contributed by atoms with E-state index in [0.717, 1.165) is 25.9 Å². The van der Waals surface area contributed by atoms with Gasteiger partial charge >= 0.3 is 0 Å². The summed E-state index contributed by atoms with van der Waals surface area (Å²) >= 11 is 0. The second-order valence-electron chi connectivity index (χ2n) is 6.80. The quantitative estimate of drug-likeness (QED) is 0.805. The van der Waals surface area contributed by atoms with E-state index < -0.39 is 0 Å². The first kappa shape index (κ1) is 20.5. The van der Waals surface area contributed by atoms with Gasteiger partial charge in [-0.2, -0.15) is 0 Å². The van der Waals surface area contributed by atoms with E-state index in [2.05, 4.69) is 5.32 Å². The van der Waals surface area contributed by atoms with Crippen LogP contribution in [0.15, 0.2) is 36.4 Å². The second-order valence-corrected chi connectivity index (χ2v) is 6.80. The van der Waals surface area contributed by atoms with E-state index in [1.54, 1.807) is 36.4 Å². The zero-order valence-electron chi connectivity index (χ0n) is 17.0. The van der Waals surface area contributed by atoms with Gasteiger partial charge in [-0.3, -0.25) is 9.59 Å². The number of rotatable bonds is 6. The highest BCUT2D eigenvalue weighted by atomic mass is 16.5. The molecule has 1 aliphatic rings. The molecular weight excluding hydrogens is 372 g/mol. The second kappa shape index (κ2) is 9.32. The maximum absolute atomic E-state index is 12.7. The van der Waals surface area contributed by atoms with Crippen molar-refractivity contribution in [1.82, 2.24) is 4.90 Å². The number of nitrogens with one attached hydrogen (secondary N) is 1.